The number of aliphatic hydroxyl groups is 2. The average molecular weight is 298 g/mol. The van der Waals surface area contributed by atoms with Gasteiger partial charge in [-0.3, -0.25) is 0 Å². The normalized spacial score (nSPS) is 82.6. The Morgan fingerprint density at radius 1 is 0.682 bits per heavy atom. The van der Waals surface area contributed by atoms with Crippen molar-refractivity contribution in [1.29, 1.82) is 0 Å². The molecule has 0 aromatic carbocycles. The third kappa shape index (κ3) is 0.744. The van der Waals surface area contributed by atoms with Crippen LogP contribution in [0, 0.1) is 82.9 Å². The Hall–Kier alpha value is -0.0800. The minimum atomic E-state index is -0.233. The molecule has 2 heteroatoms. The lowest BCUT2D eigenvalue weighted by Crippen LogP contribution is -2.44. The summed E-state index contributed by atoms with van der Waals surface area (Å²) in [5, 5.41) is 22.3. The van der Waals surface area contributed by atoms with E-state index in [2.05, 4.69) is 0 Å². The van der Waals surface area contributed by atoms with Gasteiger partial charge in [-0.2, -0.15) is 0 Å². The zero-order chi connectivity index (χ0) is 14.1. The molecular weight excluding hydrogens is 272 g/mol. The molecule has 0 radical (unpaired) electrons. The van der Waals surface area contributed by atoms with E-state index in [1.54, 1.807) is 0 Å². The molecule has 8 rings (SSSR count). The summed E-state index contributed by atoms with van der Waals surface area (Å²) in [7, 11) is 0. The van der Waals surface area contributed by atoms with Crippen molar-refractivity contribution in [2.24, 2.45) is 82.9 Å². The molecule has 2 N–H and O–H groups in total. The molecule has 0 aliphatic heterocycles. The standard InChI is InChI=1S/C20H26O2/c21-5-8-11-6-1-3-9-13(6)17-15(11)16-12(8)7-2-4-10-14(7)18(16)19(17)20(9,10)22/h6-19,21-22H,1-5H2/t6-,7+,8?,9-,10+,11-,12-,13+,14+,15-,16-,17+,18-,19?,20?/m0/s1. The van der Waals surface area contributed by atoms with Crippen molar-refractivity contribution in [2.45, 2.75) is 31.3 Å². The van der Waals surface area contributed by atoms with E-state index in [9.17, 15) is 10.2 Å². The van der Waals surface area contributed by atoms with Gasteiger partial charge < -0.3 is 10.2 Å². The highest BCUT2D eigenvalue weighted by atomic mass is 16.3. The second-order valence-electron chi connectivity index (χ2n) is 10.6. The summed E-state index contributed by atoms with van der Waals surface area (Å²) in [6.07, 6.45) is 5.39. The second-order valence-corrected chi connectivity index (χ2v) is 10.6. The molecule has 8 aliphatic carbocycles. The maximum atomic E-state index is 12.0. The minimum absolute atomic E-state index is 0.233. The molecule has 2 nitrogen and oxygen atoms in total. The molecule has 0 heterocycles. The molecule has 15 atom stereocenters. The highest BCUT2D eigenvalue weighted by Crippen LogP contribution is 2.89. The van der Waals surface area contributed by atoms with Gasteiger partial charge in [-0.1, -0.05) is 0 Å². The highest BCUT2D eigenvalue weighted by molar-refractivity contribution is 5.36. The van der Waals surface area contributed by atoms with Gasteiger partial charge in [0.2, 0.25) is 0 Å². The average Bonchev–Trinajstić information content (AvgIpc) is 3.25. The third-order valence-electron chi connectivity index (χ3n) is 11.4. The monoisotopic (exact) mass is 298 g/mol. The Labute approximate surface area is 131 Å². The fourth-order valence-corrected chi connectivity index (χ4v) is 12.1. The first-order chi connectivity index (χ1) is 10.8. The molecule has 0 spiro atoms. The fraction of sp³-hybridized carbons (Fsp3) is 1.00. The van der Waals surface area contributed by atoms with E-state index >= 15 is 0 Å². The first-order valence-corrected chi connectivity index (χ1v) is 10.1. The van der Waals surface area contributed by atoms with Gasteiger partial charge in [0.05, 0.1) is 5.60 Å². The first kappa shape index (κ1) is 11.5. The Morgan fingerprint density at radius 3 is 1.73 bits per heavy atom. The van der Waals surface area contributed by atoms with Gasteiger partial charge in [-0.15, -0.1) is 0 Å². The van der Waals surface area contributed by atoms with E-state index in [0.29, 0.717) is 30.3 Å². The van der Waals surface area contributed by atoms with Crippen LogP contribution in [0.2, 0.25) is 0 Å². The lowest BCUT2D eigenvalue weighted by molar-refractivity contribution is -0.0732. The Kier molecular flexibility index (Phi) is 1.55. The Morgan fingerprint density at radius 2 is 1.23 bits per heavy atom. The number of hydrogen-bond donors (Lipinski definition) is 2. The van der Waals surface area contributed by atoms with Gasteiger partial charge in [0.1, 0.15) is 0 Å². The van der Waals surface area contributed by atoms with Gasteiger partial charge in [-0.25, -0.2) is 0 Å². The Balaban J connectivity index is 1.48. The molecule has 0 amide bonds. The van der Waals surface area contributed by atoms with Crippen molar-refractivity contribution in [3.63, 3.8) is 0 Å². The van der Waals surface area contributed by atoms with Gasteiger partial charge in [0.15, 0.2) is 0 Å². The van der Waals surface area contributed by atoms with E-state index in [-0.39, 0.29) is 5.60 Å². The maximum absolute atomic E-state index is 12.0. The van der Waals surface area contributed by atoms with Crippen LogP contribution in [0.15, 0.2) is 0 Å². The topological polar surface area (TPSA) is 40.5 Å². The van der Waals surface area contributed by atoms with Crippen LogP contribution in [0.5, 0.6) is 0 Å². The molecule has 0 saturated heterocycles. The lowest BCUT2D eigenvalue weighted by atomic mass is 9.71. The van der Waals surface area contributed by atoms with Crippen LogP contribution in [0.25, 0.3) is 0 Å². The van der Waals surface area contributed by atoms with Gasteiger partial charge in [0, 0.05) is 6.61 Å². The Bertz CT molecular complexity index is 569. The summed E-state index contributed by atoms with van der Waals surface area (Å²) < 4.78 is 0. The van der Waals surface area contributed by atoms with Crippen molar-refractivity contribution in [3.05, 3.63) is 0 Å². The van der Waals surface area contributed by atoms with Crippen molar-refractivity contribution in [3.8, 4) is 0 Å². The number of fused-ring (bicyclic) bond motifs is 4. The van der Waals surface area contributed by atoms with Crippen LogP contribution < -0.4 is 0 Å². The summed E-state index contributed by atoms with van der Waals surface area (Å²) in [6.45, 7) is 0.471. The SMILES string of the molecule is OCC1[C@@H]2[C@H]3CC[C@@H]4[C@@H]3[C@@H]3C5[C@H]6[C@@H]([C@H]1[C@@H]1CC[C@@H]([C@@H]16)C54O)[C@H]23. The van der Waals surface area contributed by atoms with E-state index < -0.39 is 0 Å². The third-order valence-corrected chi connectivity index (χ3v) is 11.4. The van der Waals surface area contributed by atoms with Gasteiger partial charge in [-0.05, 0) is 109 Å². The van der Waals surface area contributed by atoms with Gasteiger partial charge >= 0.3 is 0 Å². The molecule has 8 aliphatic rings. The van der Waals surface area contributed by atoms with Crippen LogP contribution in [0.1, 0.15) is 25.7 Å². The van der Waals surface area contributed by atoms with E-state index in [1.165, 1.54) is 25.7 Å². The molecule has 0 aromatic heterocycles. The molecule has 8 saturated carbocycles. The van der Waals surface area contributed by atoms with E-state index in [4.69, 9.17) is 0 Å². The minimum Gasteiger partial charge on any atom is -0.396 e. The largest absolute Gasteiger partial charge is 0.396 e. The predicted molar refractivity (Wildman–Crippen MR) is 79.4 cm³/mol. The lowest BCUT2D eigenvalue weighted by Gasteiger charge is -2.38. The molecule has 22 heavy (non-hydrogen) atoms. The van der Waals surface area contributed by atoms with Crippen LogP contribution >= 0.6 is 0 Å². The van der Waals surface area contributed by atoms with Crippen LogP contribution in [-0.2, 0) is 0 Å². The predicted octanol–water partition coefficient (Wildman–Crippen LogP) is 2.01. The summed E-state index contributed by atoms with van der Waals surface area (Å²) in [5.41, 5.74) is -0.233. The van der Waals surface area contributed by atoms with Crippen molar-refractivity contribution in [1.82, 2.24) is 0 Å². The quantitative estimate of drug-likeness (QED) is 0.777. The number of aliphatic hydroxyl groups excluding tert-OH is 1. The van der Waals surface area contributed by atoms with E-state index in [1.807, 2.05) is 0 Å². The summed E-state index contributed by atoms with van der Waals surface area (Å²) in [6, 6.07) is 0. The summed E-state index contributed by atoms with van der Waals surface area (Å²) >= 11 is 0. The zero-order valence-electron chi connectivity index (χ0n) is 13.0. The van der Waals surface area contributed by atoms with Gasteiger partial charge in [0.25, 0.3) is 0 Å². The van der Waals surface area contributed by atoms with Crippen LogP contribution in [0.4, 0.5) is 0 Å². The van der Waals surface area contributed by atoms with Crippen LogP contribution in [0.3, 0.4) is 0 Å². The smallest absolute Gasteiger partial charge is 0.0743 e. The second kappa shape index (κ2) is 2.96. The maximum Gasteiger partial charge on any atom is 0.0743 e. The first-order valence-electron chi connectivity index (χ1n) is 10.1. The molecule has 0 aromatic rings. The number of rotatable bonds is 1. The van der Waals surface area contributed by atoms with E-state index in [0.717, 1.165) is 59.2 Å². The molecule has 0 bridgehead atoms. The zero-order valence-corrected chi connectivity index (χ0v) is 13.0. The molecule has 118 valence electrons. The molecular formula is C20H26O2. The van der Waals surface area contributed by atoms with Crippen molar-refractivity contribution in [2.75, 3.05) is 6.61 Å². The fourth-order valence-electron chi connectivity index (χ4n) is 12.1. The summed E-state index contributed by atoms with van der Waals surface area (Å²) in [5.74, 6) is 11.5. The van der Waals surface area contributed by atoms with Crippen LogP contribution in [-0.4, -0.2) is 22.4 Å². The number of hydrogen-bond acceptors (Lipinski definition) is 2. The highest BCUT2D eigenvalue weighted by Gasteiger charge is 2.88. The molecule has 3 unspecified atom stereocenters. The van der Waals surface area contributed by atoms with Crippen molar-refractivity contribution >= 4 is 0 Å². The van der Waals surface area contributed by atoms with Crippen molar-refractivity contribution < 1.29 is 10.2 Å². The molecule has 8 fully saturated rings. The summed E-state index contributed by atoms with van der Waals surface area (Å²) in [4.78, 5) is 0.